The van der Waals surface area contributed by atoms with E-state index in [1.54, 1.807) is 0 Å². The van der Waals surface area contributed by atoms with Crippen molar-refractivity contribution in [3.63, 3.8) is 0 Å². The van der Waals surface area contributed by atoms with Gasteiger partial charge in [0, 0.05) is 20.1 Å². The van der Waals surface area contributed by atoms with Gasteiger partial charge in [0.2, 0.25) is 0 Å². The lowest BCUT2D eigenvalue weighted by atomic mass is 10.0. The van der Waals surface area contributed by atoms with Gasteiger partial charge < -0.3 is 14.8 Å². The molecule has 2 atom stereocenters. The van der Waals surface area contributed by atoms with Crippen LogP contribution in [-0.4, -0.2) is 44.8 Å². The molecule has 4 nitrogen and oxygen atoms in total. The van der Waals surface area contributed by atoms with E-state index in [0.717, 1.165) is 0 Å². The van der Waals surface area contributed by atoms with E-state index in [1.807, 2.05) is 0 Å². The third kappa shape index (κ3) is 2.76. The fraction of sp³-hybridized carbons (Fsp3) is 0.875. The smallest absolute Gasteiger partial charge is 0.322 e. The minimum atomic E-state index is -2.62. The molecule has 0 amide bonds. The van der Waals surface area contributed by atoms with Gasteiger partial charge in [-0.05, 0) is 0 Å². The van der Waals surface area contributed by atoms with Gasteiger partial charge in [0.25, 0.3) is 6.43 Å². The van der Waals surface area contributed by atoms with Crippen LogP contribution in [0.5, 0.6) is 0 Å². The number of carbonyl (C=O) groups is 1. The molecule has 1 fully saturated rings. The molecule has 0 saturated carbocycles. The molecule has 1 rings (SSSR count). The van der Waals surface area contributed by atoms with Crippen LogP contribution in [0.15, 0.2) is 0 Å². The monoisotopic (exact) mass is 245 g/mol. The Morgan fingerprint density at radius 2 is 2.13 bits per heavy atom. The molecule has 1 aliphatic rings. The van der Waals surface area contributed by atoms with Crippen molar-refractivity contribution in [1.29, 1.82) is 0 Å². The van der Waals surface area contributed by atoms with Gasteiger partial charge in [-0.25, -0.2) is 8.78 Å². The van der Waals surface area contributed by atoms with Gasteiger partial charge >= 0.3 is 5.97 Å². The summed E-state index contributed by atoms with van der Waals surface area (Å²) in [4.78, 5) is 11.1. The number of methoxy groups -OCH3 is 2. The van der Waals surface area contributed by atoms with Crippen LogP contribution in [0.3, 0.4) is 0 Å². The topological polar surface area (TPSA) is 47.6 Å². The number of nitrogens with one attached hydrogen (secondary N) is 1. The van der Waals surface area contributed by atoms with Crippen molar-refractivity contribution in [2.45, 2.75) is 24.5 Å². The van der Waals surface area contributed by atoms with Gasteiger partial charge in [0.15, 0.2) is 0 Å². The second kappa shape index (κ2) is 5.58. The highest BCUT2D eigenvalue weighted by Crippen LogP contribution is 2.30. The fourth-order valence-electron chi connectivity index (χ4n) is 1.51. The maximum atomic E-state index is 12.6. The van der Waals surface area contributed by atoms with Crippen LogP contribution < -0.4 is 5.32 Å². The molecule has 1 heterocycles. The molecule has 1 N–H and O–H groups in total. The molecule has 0 aromatic heterocycles. The van der Waals surface area contributed by atoms with Crippen LogP contribution >= 0.6 is 12.4 Å². The number of alkyl halides is 2. The van der Waals surface area contributed by atoms with Crippen molar-refractivity contribution in [3.05, 3.63) is 0 Å². The minimum absolute atomic E-state index is 0. The third-order valence-corrected chi connectivity index (χ3v) is 2.49. The summed E-state index contributed by atoms with van der Waals surface area (Å²) in [7, 11) is 2.44. The maximum absolute atomic E-state index is 12.6. The van der Waals surface area contributed by atoms with Crippen molar-refractivity contribution in [2.75, 3.05) is 20.8 Å². The van der Waals surface area contributed by atoms with E-state index in [1.165, 1.54) is 14.2 Å². The standard InChI is InChI=1S/C8H13F2NO3.ClH/c1-13-6(12)5-3-8(14-2,4-11-5)7(9)10;/h5,7,11H,3-4H2,1-2H3;1H/t5-,8-;/m0./s1. The summed E-state index contributed by atoms with van der Waals surface area (Å²) >= 11 is 0. The lowest BCUT2D eigenvalue weighted by molar-refractivity contribution is -0.144. The lowest BCUT2D eigenvalue weighted by Gasteiger charge is -2.25. The van der Waals surface area contributed by atoms with Gasteiger partial charge in [-0.2, -0.15) is 0 Å². The Kier molecular flexibility index (Phi) is 5.41. The molecule has 1 aliphatic heterocycles. The highest BCUT2D eigenvalue weighted by Gasteiger charge is 2.49. The highest BCUT2D eigenvalue weighted by molar-refractivity contribution is 5.85. The highest BCUT2D eigenvalue weighted by atomic mass is 35.5. The predicted octanol–water partition coefficient (Wildman–Crippen LogP) is 0.593. The number of ether oxygens (including phenoxy) is 2. The molecule has 0 aromatic carbocycles. The molecule has 90 valence electrons. The molecule has 0 aromatic rings. The van der Waals surface area contributed by atoms with E-state index in [-0.39, 0.29) is 25.4 Å². The Bertz CT molecular complexity index is 230. The third-order valence-electron chi connectivity index (χ3n) is 2.49. The summed E-state index contributed by atoms with van der Waals surface area (Å²) in [5.41, 5.74) is -1.56. The molecule has 0 radical (unpaired) electrons. The van der Waals surface area contributed by atoms with Crippen molar-refractivity contribution >= 4 is 18.4 Å². The first-order valence-corrected chi connectivity index (χ1v) is 4.20. The zero-order valence-corrected chi connectivity index (χ0v) is 9.27. The quantitative estimate of drug-likeness (QED) is 0.740. The molecule has 0 bridgehead atoms. The van der Waals surface area contributed by atoms with E-state index in [2.05, 4.69) is 10.1 Å². The predicted molar refractivity (Wildman–Crippen MR) is 51.4 cm³/mol. The summed E-state index contributed by atoms with van der Waals surface area (Å²) in [5.74, 6) is -0.537. The van der Waals surface area contributed by atoms with Gasteiger partial charge in [0.1, 0.15) is 11.6 Å². The largest absolute Gasteiger partial charge is 0.468 e. The van der Waals surface area contributed by atoms with Crippen LogP contribution in [-0.2, 0) is 14.3 Å². The first kappa shape index (κ1) is 14.5. The summed E-state index contributed by atoms with van der Waals surface area (Å²) < 4.78 is 34.5. The van der Waals surface area contributed by atoms with Crippen molar-refractivity contribution in [3.8, 4) is 0 Å². The average molecular weight is 246 g/mol. The number of hydrogen-bond donors (Lipinski definition) is 1. The molecule has 0 spiro atoms. The van der Waals surface area contributed by atoms with Crippen LogP contribution in [0.25, 0.3) is 0 Å². The minimum Gasteiger partial charge on any atom is -0.468 e. The number of esters is 1. The fourth-order valence-corrected chi connectivity index (χ4v) is 1.51. The molecule has 0 aliphatic carbocycles. The summed E-state index contributed by atoms with van der Waals surface area (Å²) in [6.45, 7) is -0.0407. The lowest BCUT2D eigenvalue weighted by Crippen LogP contribution is -2.41. The van der Waals surface area contributed by atoms with Crippen LogP contribution in [0, 0.1) is 0 Å². The zero-order valence-electron chi connectivity index (χ0n) is 8.46. The maximum Gasteiger partial charge on any atom is 0.322 e. The zero-order chi connectivity index (χ0) is 10.8. The van der Waals surface area contributed by atoms with Gasteiger partial charge in [-0.1, -0.05) is 0 Å². The number of rotatable bonds is 3. The van der Waals surface area contributed by atoms with Crippen molar-refractivity contribution in [2.24, 2.45) is 0 Å². The molecule has 15 heavy (non-hydrogen) atoms. The van der Waals surface area contributed by atoms with Gasteiger partial charge in [-0.3, -0.25) is 4.79 Å². The van der Waals surface area contributed by atoms with Crippen LogP contribution in [0.2, 0.25) is 0 Å². The van der Waals surface area contributed by atoms with Gasteiger partial charge in [-0.15, -0.1) is 12.4 Å². The van der Waals surface area contributed by atoms with Gasteiger partial charge in [0.05, 0.1) is 7.11 Å². The molecule has 1 saturated heterocycles. The second-order valence-corrected chi connectivity index (χ2v) is 3.23. The normalized spacial score (nSPS) is 30.1. The number of carbonyl (C=O) groups excluding carboxylic acids is 1. The molecular weight excluding hydrogens is 232 g/mol. The van der Waals surface area contributed by atoms with Crippen LogP contribution in [0.1, 0.15) is 6.42 Å². The van der Waals surface area contributed by atoms with E-state index >= 15 is 0 Å². The Balaban J connectivity index is 0.00000196. The van der Waals surface area contributed by atoms with Crippen LogP contribution in [0.4, 0.5) is 8.78 Å². The molecular formula is C8H14ClF2NO3. The van der Waals surface area contributed by atoms with Crippen molar-refractivity contribution in [1.82, 2.24) is 5.32 Å². The summed E-state index contributed by atoms with van der Waals surface area (Å²) in [5, 5.41) is 2.65. The second-order valence-electron chi connectivity index (χ2n) is 3.23. The number of halogens is 3. The Labute approximate surface area is 92.7 Å². The summed E-state index contributed by atoms with van der Waals surface area (Å²) in [6, 6.07) is -0.700. The Hall–Kier alpha value is -0.460. The molecule has 0 unspecified atom stereocenters. The SMILES string of the molecule is COC(=O)[C@@H]1C[C@@](OC)(C(F)F)CN1.Cl. The Morgan fingerprint density at radius 3 is 2.47 bits per heavy atom. The molecule has 7 heteroatoms. The van der Waals surface area contributed by atoms with E-state index < -0.39 is 24.0 Å². The Morgan fingerprint density at radius 1 is 1.53 bits per heavy atom. The first-order chi connectivity index (χ1) is 6.55. The van der Waals surface area contributed by atoms with E-state index in [9.17, 15) is 13.6 Å². The van der Waals surface area contributed by atoms with E-state index in [4.69, 9.17) is 4.74 Å². The summed E-state index contributed by atoms with van der Waals surface area (Å²) in [6.07, 6.45) is -2.68. The average Bonchev–Trinajstić information content (AvgIpc) is 2.62. The van der Waals surface area contributed by atoms with E-state index in [0.29, 0.717) is 0 Å². The number of hydrogen-bond acceptors (Lipinski definition) is 4. The first-order valence-electron chi connectivity index (χ1n) is 4.20. The van der Waals surface area contributed by atoms with Crippen molar-refractivity contribution < 1.29 is 23.0 Å².